The number of hydrogen-bond acceptors (Lipinski definition) is 2. The van der Waals surface area contributed by atoms with Crippen LogP contribution in [0.25, 0.3) is 93.6 Å². The number of anilines is 3. The molecule has 2 aromatic heterocycles. The molecule has 0 aliphatic rings. The van der Waals surface area contributed by atoms with Gasteiger partial charge in [0.05, 0.1) is 16.7 Å². The first kappa shape index (κ1) is 34.9. The molecule has 3 heteroatoms. The summed E-state index contributed by atoms with van der Waals surface area (Å²) in [7, 11) is 0. The van der Waals surface area contributed by atoms with E-state index in [9.17, 15) is 0 Å². The molecule has 0 amide bonds. The fraction of sp³-hybridized carbons (Fsp3) is 0. The number of hydrogen-bond donors (Lipinski definition) is 0. The number of aromatic nitrogens is 1. The van der Waals surface area contributed by atoms with Crippen LogP contribution in [-0.2, 0) is 0 Å². The van der Waals surface area contributed by atoms with Gasteiger partial charge < -0.3 is 13.9 Å². The summed E-state index contributed by atoms with van der Waals surface area (Å²) in [4.78, 5) is 2.38. The highest BCUT2D eigenvalue weighted by Gasteiger charge is 2.23. The lowest BCUT2D eigenvalue weighted by Crippen LogP contribution is -2.11. The van der Waals surface area contributed by atoms with Crippen molar-refractivity contribution in [3.05, 3.63) is 231 Å². The second-order valence-electron chi connectivity index (χ2n) is 15.7. The van der Waals surface area contributed by atoms with Crippen LogP contribution in [0.15, 0.2) is 235 Å². The summed E-state index contributed by atoms with van der Waals surface area (Å²) >= 11 is 0. The average Bonchev–Trinajstić information content (AvgIpc) is 3.88. The van der Waals surface area contributed by atoms with Crippen molar-refractivity contribution in [2.75, 3.05) is 4.90 Å². The Hall–Kier alpha value is -8.14. The zero-order chi connectivity index (χ0) is 40.3. The molecule has 0 fully saturated rings. The highest BCUT2D eigenvalue weighted by Crippen LogP contribution is 2.47. The van der Waals surface area contributed by atoms with Crippen molar-refractivity contribution in [3.63, 3.8) is 0 Å². The second-order valence-corrected chi connectivity index (χ2v) is 15.7. The van der Waals surface area contributed by atoms with E-state index in [4.69, 9.17) is 4.42 Å². The Balaban J connectivity index is 1.06. The van der Waals surface area contributed by atoms with Gasteiger partial charge in [-0.3, -0.25) is 0 Å². The van der Waals surface area contributed by atoms with Gasteiger partial charge in [-0.15, -0.1) is 0 Å². The zero-order valence-corrected chi connectivity index (χ0v) is 33.2. The van der Waals surface area contributed by atoms with Crippen molar-refractivity contribution in [1.82, 2.24) is 4.57 Å². The molecule has 12 aromatic rings. The minimum absolute atomic E-state index is 0.863. The van der Waals surface area contributed by atoms with Crippen LogP contribution in [0.3, 0.4) is 0 Å². The third-order valence-corrected chi connectivity index (χ3v) is 12.2. The van der Waals surface area contributed by atoms with Crippen molar-refractivity contribution < 1.29 is 4.42 Å². The molecular formula is C58H38N2O. The second kappa shape index (κ2) is 14.3. The summed E-state index contributed by atoms with van der Waals surface area (Å²) in [6.45, 7) is 0. The molecule has 0 saturated heterocycles. The molecule has 286 valence electrons. The molecule has 0 aliphatic carbocycles. The van der Waals surface area contributed by atoms with Crippen LogP contribution in [0.5, 0.6) is 0 Å². The van der Waals surface area contributed by atoms with E-state index in [1.54, 1.807) is 0 Å². The molecular weight excluding hydrogens is 741 g/mol. The molecule has 61 heavy (non-hydrogen) atoms. The van der Waals surface area contributed by atoms with E-state index in [1.807, 2.05) is 6.07 Å². The van der Waals surface area contributed by atoms with Crippen LogP contribution in [-0.4, -0.2) is 4.57 Å². The van der Waals surface area contributed by atoms with Crippen LogP contribution in [0.1, 0.15) is 0 Å². The molecule has 3 nitrogen and oxygen atoms in total. The van der Waals surface area contributed by atoms with Crippen LogP contribution in [0.2, 0.25) is 0 Å². The smallest absolute Gasteiger partial charge is 0.145 e. The highest BCUT2D eigenvalue weighted by atomic mass is 16.3. The van der Waals surface area contributed by atoms with E-state index >= 15 is 0 Å². The maximum absolute atomic E-state index is 6.88. The molecule has 0 aliphatic heterocycles. The van der Waals surface area contributed by atoms with Crippen LogP contribution in [0.4, 0.5) is 17.1 Å². The van der Waals surface area contributed by atoms with Crippen LogP contribution >= 0.6 is 0 Å². The van der Waals surface area contributed by atoms with Gasteiger partial charge in [0.2, 0.25) is 0 Å². The van der Waals surface area contributed by atoms with Gasteiger partial charge >= 0.3 is 0 Å². The summed E-state index contributed by atoms with van der Waals surface area (Å²) in [5.41, 5.74) is 15.2. The number of para-hydroxylation sites is 3. The van der Waals surface area contributed by atoms with Crippen LogP contribution in [0, 0.1) is 0 Å². The summed E-state index contributed by atoms with van der Waals surface area (Å²) in [5, 5.41) is 7.16. The van der Waals surface area contributed by atoms with Crippen molar-refractivity contribution in [2.45, 2.75) is 0 Å². The van der Waals surface area contributed by atoms with Crippen molar-refractivity contribution in [3.8, 4) is 39.1 Å². The van der Waals surface area contributed by atoms with Crippen molar-refractivity contribution in [2.24, 2.45) is 0 Å². The first-order valence-electron chi connectivity index (χ1n) is 20.8. The third kappa shape index (κ3) is 5.82. The number of furan rings is 1. The maximum Gasteiger partial charge on any atom is 0.145 e. The van der Waals surface area contributed by atoms with Crippen molar-refractivity contribution in [1.29, 1.82) is 0 Å². The first-order valence-corrected chi connectivity index (χ1v) is 20.8. The Morgan fingerprint density at radius 2 is 0.885 bits per heavy atom. The minimum Gasteiger partial charge on any atom is -0.455 e. The fourth-order valence-electron chi connectivity index (χ4n) is 9.35. The molecule has 12 rings (SSSR count). The minimum atomic E-state index is 0.863. The standard InChI is InChI=1S/C58H38N2O/c1-2-13-39(14-3-1)40-25-31-44(32-26-40)59(45-33-27-42(28-34-45)48-21-12-16-41-15-4-5-17-47(41)48)55-38-37-52-51-20-8-11-24-56(51)61-58(52)57(55)43-29-35-46(36-30-43)60-53-22-9-6-18-49(53)50-19-7-10-23-54(50)60/h1-38H. The number of benzene rings is 10. The molecule has 0 N–H and O–H groups in total. The van der Waals surface area contributed by atoms with E-state index in [-0.39, 0.29) is 0 Å². The summed E-state index contributed by atoms with van der Waals surface area (Å²) in [6.07, 6.45) is 0. The predicted octanol–water partition coefficient (Wildman–Crippen LogP) is 16.3. The molecule has 0 saturated carbocycles. The summed E-state index contributed by atoms with van der Waals surface area (Å²) in [5.74, 6) is 0. The van der Waals surface area contributed by atoms with Gasteiger partial charge in [-0.2, -0.15) is 0 Å². The largest absolute Gasteiger partial charge is 0.455 e. The number of rotatable bonds is 7. The van der Waals surface area contributed by atoms with Gasteiger partial charge in [-0.1, -0.05) is 164 Å². The Morgan fingerprint density at radius 1 is 0.344 bits per heavy atom. The highest BCUT2D eigenvalue weighted by molar-refractivity contribution is 6.14. The number of nitrogens with zero attached hydrogens (tertiary/aromatic N) is 2. The Labute approximate surface area is 353 Å². The van der Waals surface area contributed by atoms with E-state index in [0.29, 0.717) is 0 Å². The molecule has 0 unspecified atom stereocenters. The predicted molar refractivity (Wildman–Crippen MR) is 257 cm³/mol. The monoisotopic (exact) mass is 778 g/mol. The number of fused-ring (bicyclic) bond motifs is 7. The Kier molecular flexibility index (Phi) is 8.17. The Bertz CT molecular complexity index is 3500. The van der Waals surface area contributed by atoms with Gasteiger partial charge in [-0.25, -0.2) is 0 Å². The lowest BCUT2D eigenvalue weighted by atomic mass is 9.96. The Morgan fingerprint density at radius 3 is 1.59 bits per heavy atom. The summed E-state index contributed by atoms with van der Waals surface area (Å²) < 4.78 is 9.25. The van der Waals surface area contributed by atoms with Gasteiger partial charge in [0, 0.05) is 44.2 Å². The fourth-order valence-corrected chi connectivity index (χ4v) is 9.35. The lowest BCUT2D eigenvalue weighted by molar-refractivity contribution is 0.670. The van der Waals surface area contributed by atoms with E-state index in [0.717, 1.165) is 55.8 Å². The molecule has 0 radical (unpaired) electrons. The van der Waals surface area contributed by atoms with E-state index in [1.165, 1.54) is 54.8 Å². The summed E-state index contributed by atoms with van der Waals surface area (Å²) in [6, 6.07) is 82.8. The molecule has 10 aromatic carbocycles. The van der Waals surface area contributed by atoms with Crippen LogP contribution < -0.4 is 4.90 Å². The lowest BCUT2D eigenvalue weighted by Gasteiger charge is -2.28. The van der Waals surface area contributed by atoms with Gasteiger partial charge in [-0.05, 0) is 105 Å². The average molecular weight is 779 g/mol. The molecule has 2 heterocycles. The molecule has 0 spiro atoms. The molecule has 0 bridgehead atoms. The van der Waals surface area contributed by atoms with Gasteiger partial charge in [0.15, 0.2) is 0 Å². The zero-order valence-electron chi connectivity index (χ0n) is 33.2. The van der Waals surface area contributed by atoms with E-state index < -0.39 is 0 Å². The van der Waals surface area contributed by atoms with E-state index in [2.05, 4.69) is 234 Å². The van der Waals surface area contributed by atoms with Gasteiger partial charge in [0.1, 0.15) is 11.2 Å². The SMILES string of the molecule is c1ccc(-c2ccc(N(c3ccc(-c4cccc5ccccc45)cc3)c3ccc4c(oc5ccccc54)c3-c3ccc(-n4c5ccccc5c5ccccc54)cc3)cc2)cc1. The first-order chi connectivity index (χ1) is 30.3. The topological polar surface area (TPSA) is 21.3 Å². The normalized spacial score (nSPS) is 11.6. The quantitative estimate of drug-likeness (QED) is 0.161. The molecule has 0 atom stereocenters. The van der Waals surface area contributed by atoms with Gasteiger partial charge in [0.25, 0.3) is 0 Å². The van der Waals surface area contributed by atoms with Crippen molar-refractivity contribution >= 4 is 71.6 Å². The maximum atomic E-state index is 6.88. The third-order valence-electron chi connectivity index (χ3n) is 12.2.